The predicted molar refractivity (Wildman–Crippen MR) is 115 cm³/mol. The first-order chi connectivity index (χ1) is 15.7. The second-order valence-corrected chi connectivity index (χ2v) is 7.33. The van der Waals surface area contributed by atoms with E-state index in [9.17, 15) is 19.2 Å². The number of ketones is 1. The van der Waals surface area contributed by atoms with Gasteiger partial charge in [-0.05, 0) is 42.8 Å². The molecule has 1 aliphatic heterocycles. The SMILES string of the molecule is COc1ccc([C@]2(C)NC(=O)N(CC(=O)OCC(=O)c3ccc(OC)c(OC)c3)C2=O)cc1. The van der Waals surface area contributed by atoms with Crippen molar-refractivity contribution in [1.29, 1.82) is 0 Å². The van der Waals surface area contributed by atoms with E-state index in [4.69, 9.17) is 18.9 Å². The van der Waals surface area contributed by atoms with Crippen LogP contribution < -0.4 is 19.5 Å². The summed E-state index contributed by atoms with van der Waals surface area (Å²) in [5, 5.41) is 2.60. The number of carbonyl (C=O) groups is 4. The molecule has 1 aliphatic rings. The minimum Gasteiger partial charge on any atom is -0.497 e. The molecule has 10 nitrogen and oxygen atoms in total. The topological polar surface area (TPSA) is 120 Å². The molecule has 0 saturated carbocycles. The lowest BCUT2D eigenvalue weighted by Gasteiger charge is -2.22. The van der Waals surface area contributed by atoms with Gasteiger partial charge in [0, 0.05) is 5.56 Å². The molecule has 33 heavy (non-hydrogen) atoms. The monoisotopic (exact) mass is 456 g/mol. The van der Waals surface area contributed by atoms with Crippen LogP contribution in [0.4, 0.5) is 4.79 Å². The van der Waals surface area contributed by atoms with Crippen LogP contribution in [0.5, 0.6) is 17.2 Å². The lowest BCUT2D eigenvalue weighted by atomic mass is 9.92. The molecular formula is C23H24N2O8. The van der Waals surface area contributed by atoms with Crippen LogP contribution in [0.1, 0.15) is 22.8 Å². The molecule has 1 heterocycles. The zero-order valence-corrected chi connectivity index (χ0v) is 18.7. The molecule has 0 aliphatic carbocycles. The van der Waals surface area contributed by atoms with E-state index in [0.29, 0.717) is 22.8 Å². The van der Waals surface area contributed by atoms with E-state index in [1.54, 1.807) is 37.3 Å². The number of methoxy groups -OCH3 is 3. The van der Waals surface area contributed by atoms with Crippen molar-refractivity contribution in [3.63, 3.8) is 0 Å². The predicted octanol–water partition coefficient (Wildman–Crippen LogP) is 1.91. The fourth-order valence-corrected chi connectivity index (χ4v) is 3.37. The highest BCUT2D eigenvalue weighted by Gasteiger charge is 2.49. The number of imide groups is 1. The van der Waals surface area contributed by atoms with Crippen LogP contribution in [0, 0.1) is 0 Å². The lowest BCUT2D eigenvalue weighted by Crippen LogP contribution is -2.41. The Hall–Kier alpha value is -4.08. The van der Waals surface area contributed by atoms with Crippen LogP contribution in [-0.2, 0) is 19.9 Å². The summed E-state index contributed by atoms with van der Waals surface area (Å²) in [4.78, 5) is 50.7. The number of hydrogen-bond donors (Lipinski definition) is 1. The molecule has 1 N–H and O–H groups in total. The summed E-state index contributed by atoms with van der Waals surface area (Å²) in [6.07, 6.45) is 0. The number of urea groups is 1. The Morgan fingerprint density at radius 2 is 1.61 bits per heavy atom. The second-order valence-electron chi connectivity index (χ2n) is 7.33. The normalized spacial score (nSPS) is 17.4. The third-order valence-electron chi connectivity index (χ3n) is 5.30. The van der Waals surface area contributed by atoms with Gasteiger partial charge in [0.05, 0.1) is 21.3 Å². The van der Waals surface area contributed by atoms with Gasteiger partial charge in [-0.25, -0.2) is 4.79 Å². The minimum atomic E-state index is -1.35. The number of nitrogens with one attached hydrogen (secondary N) is 1. The molecule has 10 heteroatoms. The number of hydrogen-bond acceptors (Lipinski definition) is 8. The first-order valence-corrected chi connectivity index (χ1v) is 9.93. The lowest BCUT2D eigenvalue weighted by molar-refractivity contribution is -0.146. The summed E-state index contributed by atoms with van der Waals surface area (Å²) in [6, 6.07) is 10.4. The molecule has 1 atom stereocenters. The molecule has 3 rings (SSSR count). The molecule has 0 spiro atoms. The Morgan fingerprint density at radius 3 is 2.21 bits per heavy atom. The largest absolute Gasteiger partial charge is 0.497 e. The van der Waals surface area contributed by atoms with E-state index in [1.165, 1.54) is 33.5 Å². The molecule has 0 radical (unpaired) electrons. The highest BCUT2D eigenvalue weighted by Crippen LogP contribution is 2.30. The first kappa shape index (κ1) is 23.6. The number of ether oxygens (including phenoxy) is 4. The number of carbonyl (C=O) groups excluding carboxylic acids is 4. The summed E-state index contributed by atoms with van der Waals surface area (Å²) < 4.78 is 20.4. The van der Waals surface area contributed by atoms with Crippen molar-refractivity contribution in [2.75, 3.05) is 34.5 Å². The Morgan fingerprint density at radius 1 is 0.939 bits per heavy atom. The number of rotatable bonds is 9. The quantitative estimate of drug-likeness (QED) is 0.345. The van der Waals surface area contributed by atoms with Crippen LogP contribution in [0.3, 0.4) is 0 Å². The number of esters is 1. The van der Waals surface area contributed by atoms with Gasteiger partial charge in [0.2, 0.25) is 0 Å². The number of nitrogens with zero attached hydrogens (tertiary/aromatic N) is 1. The fourth-order valence-electron chi connectivity index (χ4n) is 3.37. The molecule has 0 aromatic heterocycles. The van der Waals surface area contributed by atoms with Crippen molar-refractivity contribution in [1.82, 2.24) is 10.2 Å². The van der Waals surface area contributed by atoms with E-state index in [1.807, 2.05) is 0 Å². The smallest absolute Gasteiger partial charge is 0.326 e. The van der Waals surface area contributed by atoms with Gasteiger partial charge >= 0.3 is 12.0 Å². The molecule has 2 aromatic rings. The average molecular weight is 456 g/mol. The molecule has 3 amide bonds. The Balaban J connectivity index is 1.62. The van der Waals surface area contributed by atoms with Crippen LogP contribution >= 0.6 is 0 Å². The Kier molecular flexibility index (Phi) is 6.86. The third-order valence-corrected chi connectivity index (χ3v) is 5.30. The van der Waals surface area contributed by atoms with Gasteiger partial charge < -0.3 is 24.3 Å². The van der Waals surface area contributed by atoms with Gasteiger partial charge in [0.1, 0.15) is 17.8 Å². The molecule has 1 fully saturated rings. The van der Waals surface area contributed by atoms with E-state index in [2.05, 4.69) is 5.32 Å². The van der Waals surface area contributed by atoms with Gasteiger partial charge in [-0.1, -0.05) is 12.1 Å². The molecule has 174 valence electrons. The Labute approximate surface area is 190 Å². The Bertz CT molecular complexity index is 1080. The zero-order valence-electron chi connectivity index (χ0n) is 18.7. The van der Waals surface area contributed by atoms with Crippen molar-refractivity contribution in [2.24, 2.45) is 0 Å². The van der Waals surface area contributed by atoms with Crippen LogP contribution in [0.15, 0.2) is 42.5 Å². The highest BCUT2D eigenvalue weighted by atomic mass is 16.5. The number of Topliss-reactive ketones (excluding diaryl/α,β-unsaturated/α-hetero) is 1. The van der Waals surface area contributed by atoms with Crippen LogP contribution in [-0.4, -0.2) is 63.1 Å². The summed E-state index contributed by atoms with van der Waals surface area (Å²) in [7, 11) is 4.42. The number of benzene rings is 2. The van der Waals surface area contributed by atoms with Crippen molar-refractivity contribution >= 4 is 23.7 Å². The summed E-state index contributed by atoms with van der Waals surface area (Å²) in [6.45, 7) is 0.351. The van der Waals surface area contributed by atoms with Gasteiger partial charge in [-0.15, -0.1) is 0 Å². The molecule has 1 saturated heterocycles. The third kappa shape index (κ3) is 4.74. The van der Waals surface area contributed by atoms with Gasteiger partial charge in [0.15, 0.2) is 23.9 Å². The van der Waals surface area contributed by atoms with Crippen molar-refractivity contribution in [3.8, 4) is 17.2 Å². The van der Waals surface area contributed by atoms with E-state index in [0.717, 1.165) is 4.90 Å². The van der Waals surface area contributed by atoms with E-state index >= 15 is 0 Å². The first-order valence-electron chi connectivity index (χ1n) is 9.93. The molecule has 0 bridgehead atoms. The summed E-state index contributed by atoms with van der Waals surface area (Å²) in [5.41, 5.74) is -0.567. The van der Waals surface area contributed by atoms with E-state index < -0.39 is 42.4 Å². The number of amides is 3. The van der Waals surface area contributed by atoms with Crippen LogP contribution in [0.25, 0.3) is 0 Å². The van der Waals surface area contributed by atoms with Crippen molar-refractivity contribution < 1.29 is 38.1 Å². The maximum atomic E-state index is 12.9. The van der Waals surface area contributed by atoms with Gasteiger partial charge in [-0.3, -0.25) is 19.3 Å². The zero-order chi connectivity index (χ0) is 24.2. The molecular weight excluding hydrogens is 432 g/mol. The summed E-state index contributed by atoms with van der Waals surface area (Å²) in [5.74, 6) is -0.591. The van der Waals surface area contributed by atoms with Crippen molar-refractivity contribution in [3.05, 3.63) is 53.6 Å². The van der Waals surface area contributed by atoms with Gasteiger partial charge in [0.25, 0.3) is 5.91 Å². The van der Waals surface area contributed by atoms with Gasteiger partial charge in [-0.2, -0.15) is 0 Å². The maximum Gasteiger partial charge on any atom is 0.326 e. The summed E-state index contributed by atoms with van der Waals surface area (Å²) >= 11 is 0. The molecule has 0 unspecified atom stereocenters. The standard InChI is InChI=1S/C23H24N2O8/c1-23(15-6-8-16(30-2)9-7-15)21(28)25(22(29)24-23)12-20(27)33-13-17(26)14-5-10-18(31-3)19(11-14)32-4/h5-11H,12-13H2,1-4H3,(H,24,29)/t23-/m0/s1. The highest BCUT2D eigenvalue weighted by molar-refractivity contribution is 6.09. The fraction of sp³-hybridized carbons (Fsp3) is 0.304. The maximum absolute atomic E-state index is 12.9. The minimum absolute atomic E-state index is 0.252. The van der Waals surface area contributed by atoms with E-state index in [-0.39, 0.29) is 5.56 Å². The van der Waals surface area contributed by atoms with Crippen LogP contribution in [0.2, 0.25) is 0 Å². The average Bonchev–Trinajstić information content (AvgIpc) is 3.05. The van der Waals surface area contributed by atoms with Crippen molar-refractivity contribution in [2.45, 2.75) is 12.5 Å². The second kappa shape index (κ2) is 9.60. The molecule has 2 aromatic carbocycles.